The van der Waals surface area contributed by atoms with E-state index in [0.29, 0.717) is 28.8 Å². The maximum absolute atomic E-state index is 13.1. The Balaban J connectivity index is 1.92. The number of hydrogen-bond donors (Lipinski definition) is 1. The molecular formula is C22H19F2N3O4S. The number of phenolic OH excluding ortho intramolecular Hbond substituents is 1. The summed E-state index contributed by atoms with van der Waals surface area (Å²) < 4.78 is 34.6. The van der Waals surface area contributed by atoms with Gasteiger partial charge < -0.3 is 14.6 Å². The number of anilines is 1. The summed E-state index contributed by atoms with van der Waals surface area (Å²) in [6, 6.07) is 12.3. The lowest BCUT2D eigenvalue weighted by Gasteiger charge is -2.18. The molecule has 7 nitrogen and oxygen atoms in total. The van der Waals surface area contributed by atoms with Crippen LogP contribution in [-0.4, -0.2) is 35.2 Å². The zero-order valence-corrected chi connectivity index (χ0v) is 17.8. The first-order valence-electron chi connectivity index (χ1n) is 9.58. The van der Waals surface area contributed by atoms with E-state index >= 15 is 0 Å². The molecule has 1 amide bonds. The molecule has 0 spiro atoms. The van der Waals surface area contributed by atoms with Gasteiger partial charge in [0.2, 0.25) is 0 Å². The van der Waals surface area contributed by atoms with Gasteiger partial charge in [-0.2, -0.15) is 14.0 Å². The highest BCUT2D eigenvalue weighted by Crippen LogP contribution is 2.32. The number of aliphatic imine (C=N–C) groups is 1. The van der Waals surface area contributed by atoms with E-state index in [1.54, 1.807) is 25.1 Å². The number of hydrogen-bond acceptors (Lipinski definition) is 7. The maximum Gasteiger partial charge on any atom is 0.387 e. The average molecular weight is 459 g/mol. The second kappa shape index (κ2) is 10.6. The van der Waals surface area contributed by atoms with Crippen LogP contribution in [0.1, 0.15) is 18.9 Å². The van der Waals surface area contributed by atoms with Crippen molar-refractivity contribution in [2.45, 2.75) is 20.0 Å². The molecule has 0 atom stereocenters. The highest BCUT2D eigenvalue weighted by Gasteiger charge is 2.32. The molecule has 166 valence electrons. The minimum absolute atomic E-state index is 0.0178. The standard InChI is InChI=1S/C22H19F2N3O4S/c1-2-30-19-13-14(4-9-18(19)28)12-17-20(29)27(22(26-17)32-11-3-10-25)15-5-7-16(8-6-15)31-21(23)24/h4-9,12-13,21,28H,2-3,11H2,1H3/b17-12+. The number of phenols is 1. The molecule has 1 heterocycles. The van der Waals surface area contributed by atoms with Crippen molar-refractivity contribution in [3.63, 3.8) is 0 Å². The Kier molecular flexibility index (Phi) is 7.68. The summed E-state index contributed by atoms with van der Waals surface area (Å²) in [6.45, 7) is -0.798. The zero-order chi connectivity index (χ0) is 23.1. The SMILES string of the molecule is CCOc1cc(/C=C2/N=C(SCCC#N)N(c3ccc(OC(F)F)cc3)C2=O)ccc1O. The highest BCUT2D eigenvalue weighted by molar-refractivity contribution is 8.14. The maximum atomic E-state index is 13.1. The molecule has 0 aliphatic carbocycles. The number of amides is 1. The summed E-state index contributed by atoms with van der Waals surface area (Å²) in [6.07, 6.45) is 1.82. The molecule has 0 saturated carbocycles. The molecule has 10 heteroatoms. The van der Waals surface area contributed by atoms with Gasteiger partial charge in [-0.25, -0.2) is 4.99 Å². The molecule has 1 aliphatic rings. The van der Waals surface area contributed by atoms with Crippen molar-refractivity contribution in [1.82, 2.24) is 0 Å². The van der Waals surface area contributed by atoms with E-state index in [9.17, 15) is 18.7 Å². The molecule has 2 aromatic rings. The van der Waals surface area contributed by atoms with Gasteiger partial charge in [0.05, 0.1) is 18.4 Å². The average Bonchev–Trinajstić information content (AvgIpc) is 3.06. The Labute approximate surface area is 187 Å². The van der Waals surface area contributed by atoms with Crippen LogP contribution in [0, 0.1) is 11.3 Å². The third-order valence-electron chi connectivity index (χ3n) is 4.18. The number of thioether (sulfide) groups is 1. The van der Waals surface area contributed by atoms with Gasteiger partial charge in [0, 0.05) is 12.2 Å². The van der Waals surface area contributed by atoms with E-state index in [0.717, 1.165) is 0 Å². The van der Waals surface area contributed by atoms with Crippen LogP contribution < -0.4 is 14.4 Å². The van der Waals surface area contributed by atoms with Crippen molar-refractivity contribution in [3.8, 4) is 23.3 Å². The van der Waals surface area contributed by atoms with E-state index in [4.69, 9.17) is 10.00 Å². The lowest BCUT2D eigenvalue weighted by atomic mass is 10.1. The predicted octanol–water partition coefficient (Wildman–Crippen LogP) is 4.78. The molecular weight excluding hydrogens is 440 g/mol. The summed E-state index contributed by atoms with van der Waals surface area (Å²) in [5.74, 6) is 0.238. The Morgan fingerprint density at radius 3 is 2.69 bits per heavy atom. The van der Waals surface area contributed by atoms with E-state index in [-0.39, 0.29) is 29.4 Å². The monoisotopic (exact) mass is 459 g/mol. The number of carbonyl (C=O) groups is 1. The van der Waals surface area contributed by atoms with Crippen molar-refractivity contribution in [3.05, 3.63) is 53.7 Å². The number of amidine groups is 1. The topological polar surface area (TPSA) is 95.1 Å². The Morgan fingerprint density at radius 1 is 1.28 bits per heavy atom. The first-order chi connectivity index (χ1) is 15.4. The first kappa shape index (κ1) is 23.1. The molecule has 32 heavy (non-hydrogen) atoms. The number of carbonyl (C=O) groups excluding carboxylic acids is 1. The Hall–Kier alpha value is -3.58. The molecule has 0 aromatic heterocycles. The number of alkyl halides is 2. The highest BCUT2D eigenvalue weighted by atomic mass is 32.2. The zero-order valence-electron chi connectivity index (χ0n) is 17.0. The van der Waals surface area contributed by atoms with Crippen molar-refractivity contribution < 1.29 is 28.2 Å². The normalized spacial score (nSPS) is 14.6. The first-order valence-corrected chi connectivity index (χ1v) is 10.6. The van der Waals surface area contributed by atoms with Crippen LogP contribution in [0.25, 0.3) is 6.08 Å². The lowest BCUT2D eigenvalue weighted by Crippen LogP contribution is -2.30. The minimum Gasteiger partial charge on any atom is -0.504 e. The third kappa shape index (κ3) is 5.56. The molecule has 1 aliphatic heterocycles. The summed E-state index contributed by atoms with van der Waals surface area (Å²) in [5, 5.41) is 19.1. The third-order valence-corrected chi connectivity index (χ3v) is 5.12. The van der Waals surface area contributed by atoms with Crippen LogP contribution in [0.4, 0.5) is 14.5 Å². The van der Waals surface area contributed by atoms with Crippen LogP contribution in [0.5, 0.6) is 17.2 Å². The molecule has 0 unspecified atom stereocenters. The number of ether oxygens (including phenoxy) is 2. The van der Waals surface area contributed by atoms with E-state index in [2.05, 4.69) is 9.73 Å². The van der Waals surface area contributed by atoms with Gasteiger partial charge >= 0.3 is 6.61 Å². The quantitative estimate of drug-likeness (QED) is 0.451. The molecule has 1 N–H and O–H groups in total. The van der Waals surface area contributed by atoms with Crippen LogP contribution in [0.3, 0.4) is 0 Å². The van der Waals surface area contributed by atoms with E-state index < -0.39 is 12.5 Å². The van der Waals surface area contributed by atoms with Crippen LogP contribution in [-0.2, 0) is 4.79 Å². The van der Waals surface area contributed by atoms with Gasteiger partial charge in [0.1, 0.15) is 11.4 Å². The summed E-state index contributed by atoms with van der Waals surface area (Å²) >= 11 is 1.23. The van der Waals surface area contributed by atoms with Crippen molar-refractivity contribution >= 4 is 34.6 Å². The predicted molar refractivity (Wildman–Crippen MR) is 118 cm³/mol. The van der Waals surface area contributed by atoms with Gasteiger partial charge in [-0.05, 0) is 55.0 Å². The number of rotatable bonds is 8. The molecule has 0 fully saturated rings. The fraction of sp³-hybridized carbons (Fsp3) is 0.227. The van der Waals surface area contributed by atoms with Crippen molar-refractivity contribution in [2.24, 2.45) is 4.99 Å². The largest absolute Gasteiger partial charge is 0.504 e. The van der Waals surface area contributed by atoms with E-state index in [1.165, 1.54) is 47.0 Å². The summed E-state index contributed by atoms with van der Waals surface area (Å²) in [5.41, 5.74) is 1.16. The number of nitriles is 1. The van der Waals surface area contributed by atoms with Crippen molar-refractivity contribution in [2.75, 3.05) is 17.3 Å². The molecule has 0 saturated heterocycles. The molecule has 0 radical (unpaired) electrons. The summed E-state index contributed by atoms with van der Waals surface area (Å²) in [4.78, 5) is 18.9. The Morgan fingerprint density at radius 2 is 2.03 bits per heavy atom. The second-order valence-electron chi connectivity index (χ2n) is 6.35. The molecule has 3 rings (SSSR count). The minimum atomic E-state index is -2.95. The van der Waals surface area contributed by atoms with Gasteiger partial charge in [0.25, 0.3) is 5.91 Å². The van der Waals surface area contributed by atoms with Gasteiger partial charge in [-0.1, -0.05) is 17.8 Å². The lowest BCUT2D eigenvalue weighted by molar-refractivity contribution is -0.113. The summed E-state index contributed by atoms with van der Waals surface area (Å²) in [7, 11) is 0. The molecule has 2 aromatic carbocycles. The fourth-order valence-electron chi connectivity index (χ4n) is 2.83. The van der Waals surface area contributed by atoms with Crippen LogP contribution in [0.15, 0.2) is 53.2 Å². The van der Waals surface area contributed by atoms with Gasteiger partial charge in [0.15, 0.2) is 16.7 Å². The smallest absolute Gasteiger partial charge is 0.387 e. The Bertz CT molecular complexity index is 1080. The number of halogens is 2. The van der Waals surface area contributed by atoms with Crippen LogP contribution >= 0.6 is 11.8 Å². The second-order valence-corrected chi connectivity index (χ2v) is 7.42. The van der Waals surface area contributed by atoms with Gasteiger partial charge in [-0.3, -0.25) is 9.69 Å². The van der Waals surface area contributed by atoms with Crippen molar-refractivity contribution in [1.29, 1.82) is 5.26 Å². The fourth-order valence-corrected chi connectivity index (χ4v) is 3.69. The number of nitrogens with zero attached hydrogens (tertiary/aromatic N) is 3. The number of benzene rings is 2. The van der Waals surface area contributed by atoms with Crippen LogP contribution in [0.2, 0.25) is 0 Å². The molecule has 0 bridgehead atoms. The van der Waals surface area contributed by atoms with E-state index in [1.807, 2.05) is 6.07 Å². The number of aromatic hydroxyl groups is 1. The van der Waals surface area contributed by atoms with Gasteiger partial charge in [-0.15, -0.1) is 0 Å².